The topological polar surface area (TPSA) is 75.6 Å². The molecule has 1 saturated heterocycles. The third-order valence-electron chi connectivity index (χ3n) is 4.84. The molecule has 1 fully saturated rings. The SMILES string of the molecule is CC(C)(C)[S@@+]([O-])NC1=c2ccccc2=CC12CCN(C(=O)O)CC2. The van der Waals surface area contributed by atoms with Gasteiger partial charge in [0.1, 0.15) is 4.75 Å². The quantitative estimate of drug-likeness (QED) is 0.792. The second kappa shape index (κ2) is 6.01. The molecule has 3 rings (SSSR count). The lowest BCUT2D eigenvalue weighted by Crippen LogP contribution is -2.47. The Morgan fingerprint density at radius 2 is 1.92 bits per heavy atom. The molecule has 1 atom stereocenters. The van der Waals surface area contributed by atoms with Crippen molar-refractivity contribution in [3.63, 3.8) is 0 Å². The number of piperidine rings is 1. The van der Waals surface area contributed by atoms with Crippen molar-refractivity contribution in [3.05, 3.63) is 34.7 Å². The van der Waals surface area contributed by atoms with Gasteiger partial charge in [-0.2, -0.15) is 0 Å². The van der Waals surface area contributed by atoms with Crippen LogP contribution in [0.1, 0.15) is 33.6 Å². The minimum absolute atomic E-state index is 0.253. The summed E-state index contributed by atoms with van der Waals surface area (Å²) >= 11 is -1.22. The first-order chi connectivity index (χ1) is 11.2. The van der Waals surface area contributed by atoms with Gasteiger partial charge in [-0.15, -0.1) is 0 Å². The van der Waals surface area contributed by atoms with Crippen molar-refractivity contribution in [3.8, 4) is 0 Å². The van der Waals surface area contributed by atoms with Gasteiger partial charge in [0, 0.05) is 23.7 Å². The zero-order chi connectivity index (χ0) is 17.5. The van der Waals surface area contributed by atoms with Crippen LogP contribution in [-0.2, 0) is 11.4 Å². The highest BCUT2D eigenvalue weighted by molar-refractivity contribution is 7.91. The predicted octanol–water partition coefficient (Wildman–Crippen LogP) is 1.40. The summed E-state index contributed by atoms with van der Waals surface area (Å²) in [6.45, 7) is 6.82. The number of fused-ring (bicyclic) bond motifs is 1. The molecule has 1 heterocycles. The van der Waals surface area contributed by atoms with Crippen molar-refractivity contribution in [1.29, 1.82) is 0 Å². The Morgan fingerprint density at radius 1 is 1.29 bits per heavy atom. The lowest BCUT2D eigenvalue weighted by Gasteiger charge is -2.39. The summed E-state index contributed by atoms with van der Waals surface area (Å²) in [5, 5.41) is 11.4. The third-order valence-corrected chi connectivity index (χ3v) is 6.34. The van der Waals surface area contributed by atoms with E-state index in [0.717, 1.165) is 16.1 Å². The van der Waals surface area contributed by atoms with E-state index in [1.165, 1.54) is 4.90 Å². The summed E-state index contributed by atoms with van der Waals surface area (Å²) in [5.74, 6) is 0. The monoisotopic (exact) mass is 348 g/mol. The molecule has 2 aliphatic rings. The summed E-state index contributed by atoms with van der Waals surface area (Å²) in [6.07, 6.45) is 2.77. The molecule has 0 bridgehead atoms. The highest BCUT2D eigenvalue weighted by Gasteiger charge is 2.43. The lowest BCUT2D eigenvalue weighted by atomic mass is 9.77. The molecular weight excluding hydrogens is 324 g/mol. The molecular formula is C18H24N2O3S. The number of likely N-dealkylation sites (tertiary alicyclic amines) is 1. The van der Waals surface area contributed by atoms with Crippen molar-refractivity contribution in [1.82, 2.24) is 9.62 Å². The number of amides is 1. The van der Waals surface area contributed by atoms with E-state index < -0.39 is 17.5 Å². The van der Waals surface area contributed by atoms with Gasteiger partial charge in [0.25, 0.3) is 0 Å². The zero-order valence-corrected chi connectivity index (χ0v) is 15.2. The second-order valence-corrected chi connectivity index (χ2v) is 9.48. The number of nitrogens with one attached hydrogen (secondary N) is 1. The van der Waals surface area contributed by atoms with Gasteiger partial charge in [-0.25, -0.2) is 9.52 Å². The van der Waals surface area contributed by atoms with Crippen LogP contribution in [0.2, 0.25) is 0 Å². The van der Waals surface area contributed by atoms with Gasteiger partial charge in [0.15, 0.2) is 0 Å². The zero-order valence-electron chi connectivity index (χ0n) is 14.3. The lowest BCUT2D eigenvalue weighted by molar-refractivity contribution is 0.123. The Morgan fingerprint density at radius 3 is 2.50 bits per heavy atom. The molecule has 0 unspecified atom stereocenters. The maximum absolute atomic E-state index is 12.7. The Bertz CT molecular complexity index is 761. The number of carbonyl (C=O) groups is 1. The summed E-state index contributed by atoms with van der Waals surface area (Å²) in [4.78, 5) is 12.7. The summed E-state index contributed by atoms with van der Waals surface area (Å²) in [5.41, 5.74) is 0.729. The highest BCUT2D eigenvalue weighted by atomic mass is 32.2. The van der Waals surface area contributed by atoms with Crippen LogP contribution in [0.5, 0.6) is 0 Å². The van der Waals surface area contributed by atoms with Crippen molar-refractivity contribution < 1.29 is 14.5 Å². The average Bonchev–Trinajstić information content (AvgIpc) is 2.80. The van der Waals surface area contributed by atoms with Crippen LogP contribution in [0.15, 0.2) is 24.3 Å². The van der Waals surface area contributed by atoms with Crippen molar-refractivity contribution in [2.75, 3.05) is 13.1 Å². The average molecular weight is 348 g/mol. The molecule has 0 aromatic heterocycles. The van der Waals surface area contributed by atoms with Gasteiger partial charge in [0.2, 0.25) is 0 Å². The number of carboxylic acid groups (broad SMARTS) is 1. The van der Waals surface area contributed by atoms with Crippen LogP contribution in [0, 0.1) is 5.41 Å². The number of nitrogens with zero attached hydrogens (tertiary/aromatic N) is 1. The number of benzene rings is 1. The molecule has 1 aromatic rings. The minimum atomic E-state index is -1.22. The van der Waals surface area contributed by atoms with E-state index in [4.69, 9.17) is 0 Å². The fraction of sp³-hybridized carbons (Fsp3) is 0.500. The maximum Gasteiger partial charge on any atom is 0.407 e. The fourth-order valence-corrected chi connectivity index (χ4v) is 4.19. The first kappa shape index (κ1) is 17.2. The van der Waals surface area contributed by atoms with E-state index in [9.17, 15) is 14.5 Å². The summed E-state index contributed by atoms with van der Waals surface area (Å²) in [7, 11) is 0. The van der Waals surface area contributed by atoms with Crippen molar-refractivity contribution in [2.24, 2.45) is 5.41 Å². The number of hydrogen-bond acceptors (Lipinski definition) is 3. The molecule has 6 heteroatoms. The van der Waals surface area contributed by atoms with Gasteiger partial charge in [-0.3, -0.25) is 0 Å². The van der Waals surface area contributed by atoms with Crippen LogP contribution < -0.4 is 15.2 Å². The molecule has 0 radical (unpaired) electrons. The molecule has 0 saturated carbocycles. The van der Waals surface area contributed by atoms with Crippen molar-refractivity contribution >= 4 is 29.2 Å². The van der Waals surface area contributed by atoms with Crippen LogP contribution in [0.25, 0.3) is 11.8 Å². The molecule has 1 aliphatic heterocycles. The number of rotatable bonds is 2. The molecule has 1 aromatic carbocycles. The normalized spacial score (nSPS) is 20.5. The molecule has 24 heavy (non-hydrogen) atoms. The summed E-state index contributed by atoms with van der Waals surface area (Å²) < 4.78 is 15.6. The molecule has 130 valence electrons. The first-order valence-corrected chi connectivity index (χ1v) is 9.37. The Hall–Kier alpha value is -1.66. The van der Waals surface area contributed by atoms with Gasteiger partial charge in [-0.1, -0.05) is 30.3 Å². The standard InChI is InChI=1S/C18H24N2O3S/c1-17(2,3)24(23)19-15-14-7-5-4-6-13(14)12-18(15)8-10-20(11-9-18)16(21)22/h4-7,12,19H,8-11H2,1-3H3,(H,21,22)/t24-/m1/s1. The van der Waals surface area contributed by atoms with Gasteiger partial charge in [0.05, 0.1) is 17.1 Å². The van der Waals surface area contributed by atoms with E-state index >= 15 is 0 Å². The Balaban J connectivity index is 1.99. The fourth-order valence-electron chi connectivity index (χ4n) is 3.38. The van der Waals surface area contributed by atoms with Crippen LogP contribution in [0.3, 0.4) is 0 Å². The smallest absolute Gasteiger partial charge is 0.407 e. The van der Waals surface area contributed by atoms with Gasteiger partial charge in [-0.05, 0) is 38.8 Å². The molecule has 5 nitrogen and oxygen atoms in total. The molecule has 1 amide bonds. The van der Waals surface area contributed by atoms with Crippen LogP contribution >= 0.6 is 0 Å². The van der Waals surface area contributed by atoms with Gasteiger partial charge < -0.3 is 14.6 Å². The summed E-state index contributed by atoms with van der Waals surface area (Å²) in [6, 6.07) is 8.10. The first-order valence-electron chi connectivity index (χ1n) is 8.22. The van der Waals surface area contributed by atoms with E-state index in [-0.39, 0.29) is 10.2 Å². The maximum atomic E-state index is 12.7. The van der Waals surface area contributed by atoms with E-state index in [0.29, 0.717) is 25.9 Å². The van der Waals surface area contributed by atoms with E-state index in [1.807, 2.05) is 39.0 Å². The predicted molar refractivity (Wildman–Crippen MR) is 95.9 cm³/mol. The van der Waals surface area contributed by atoms with Crippen LogP contribution in [0.4, 0.5) is 4.79 Å². The van der Waals surface area contributed by atoms with E-state index in [1.54, 1.807) is 0 Å². The van der Waals surface area contributed by atoms with Crippen molar-refractivity contribution in [2.45, 2.75) is 38.4 Å². The number of hydrogen-bond donors (Lipinski definition) is 2. The minimum Gasteiger partial charge on any atom is -0.593 e. The van der Waals surface area contributed by atoms with Gasteiger partial charge >= 0.3 is 6.09 Å². The largest absolute Gasteiger partial charge is 0.593 e. The van der Waals surface area contributed by atoms with Crippen LogP contribution in [-0.4, -0.2) is 38.5 Å². The molecule has 2 N–H and O–H groups in total. The van der Waals surface area contributed by atoms with E-state index in [2.05, 4.69) is 16.9 Å². The molecule has 1 aliphatic carbocycles. The highest BCUT2D eigenvalue weighted by Crippen LogP contribution is 2.41. The Labute approximate surface area is 145 Å². The Kier molecular flexibility index (Phi) is 4.30. The second-order valence-electron chi connectivity index (χ2n) is 7.52. The third kappa shape index (κ3) is 3.00. The molecule has 1 spiro atoms.